The standard InChI is InChI=1S/C11H11NO3S/c12-7-1-2-8-3-5-10(16-8)9(13)4-6-11(14)15/h3,5H,4,6-7,12H2,(H,14,15). The van der Waals surface area contributed by atoms with Crippen LogP contribution in [0, 0.1) is 11.8 Å². The van der Waals surface area contributed by atoms with Crippen molar-refractivity contribution in [2.45, 2.75) is 12.8 Å². The second-order valence-electron chi connectivity index (χ2n) is 2.99. The van der Waals surface area contributed by atoms with Crippen molar-refractivity contribution in [1.82, 2.24) is 0 Å². The molecule has 1 heterocycles. The van der Waals surface area contributed by atoms with E-state index in [2.05, 4.69) is 11.8 Å². The number of aliphatic carboxylic acids is 1. The molecule has 4 nitrogen and oxygen atoms in total. The Balaban J connectivity index is 2.63. The number of carboxylic acids is 1. The summed E-state index contributed by atoms with van der Waals surface area (Å²) in [6.07, 6.45) is -0.111. The largest absolute Gasteiger partial charge is 0.481 e. The number of Topliss-reactive ketones (excluding diaryl/α,β-unsaturated/α-hetero) is 1. The zero-order chi connectivity index (χ0) is 12.0. The first-order valence-electron chi connectivity index (χ1n) is 4.67. The average molecular weight is 237 g/mol. The number of thiophene rings is 1. The second-order valence-corrected chi connectivity index (χ2v) is 4.07. The topological polar surface area (TPSA) is 80.4 Å². The molecule has 0 radical (unpaired) electrons. The summed E-state index contributed by atoms with van der Waals surface area (Å²) in [6.45, 7) is 0.278. The molecule has 16 heavy (non-hydrogen) atoms. The van der Waals surface area contributed by atoms with Gasteiger partial charge < -0.3 is 10.8 Å². The lowest BCUT2D eigenvalue weighted by molar-refractivity contribution is -0.136. The van der Waals surface area contributed by atoms with E-state index in [9.17, 15) is 9.59 Å². The number of nitrogens with two attached hydrogens (primary N) is 1. The van der Waals surface area contributed by atoms with Gasteiger partial charge in [0.25, 0.3) is 0 Å². The molecule has 0 bridgehead atoms. The molecule has 0 unspecified atom stereocenters. The van der Waals surface area contributed by atoms with E-state index in [0.717, 1.165) is 4.88 Å². The summed E-state index contributed by atoms with van der Waals surface area (Å²) in [5, 5.41) is 8.45. The maximum atomic E-state index is 11.5. The van der Waals surface area contributed by atoms with E-state index in [-0.39, 0.29) is 25.2 Å². The van der Waals surface area contributed by atoms with Gasteiger partial charge in [-0.15, -0.1) is 11.3 Å². The maximum absolute atomic E-state index is 11.5. The van der Waals surface area contributed by atoms with Crippen molar-refractivity contribution in [2.75, 3.05) is 6.54 Å². The molecule has 0 amide bonds. The summed E-state index contributed by atoms with van der Waals surface area (Å²) in [4.78, 5) is 23.1. The van der Waals surface area contributed by atoms with Crippen LogP contribution in [-0.2, 0) is 4.79 Å². The minimum atomic E-state index is -0.965. The number of hydrogen-bond donors (Lipinski definition) is 2. The highest BCUT2D eigenvalue weighted by Gasteiger charge is 2.10. The molecule has 0 saturated heterocycles. The van der Waals surface area contributed by atoms with Gasteiger partial charge in [-0.1, -0.05) is 11.8 Å². The first-order valence-corrected chi connectivity index (χ1v) is 5.49. The molecule has 0 aliphatic carbocycles. The Morgan fingerprint density at radius 2 is 2.12 bits per heavy atom. The van der Waals surface area contributed by atoms with Crippen molar-refractivity contribution in [3.05, 3.63) is 21.9 Å². The monoisotopic (exact) mass is 237 g/mol. The van der Waals surface area contributed by atoms with E-state index in [4.69, 9.17) is 10.8 Å². The van der Waals surface area contributed by atoms with Crippen LogP contribution in [-0.4, -0.2) is 23.4 Å². The van der Waals surface area contributed by atoms with Crippen molar-refractivity contribution < 1.29 is 14.7 Å². The molecule has 0 spiro atoms. The van der Waals surface area contributed by atoms with Crippen molar-refractivity contribution in [3.8, 4) is 11.8 Å². The van der Waals surface area contributed by atoms with Crippen LogP contribution in [0.5, 0.6) is 0 Å². The van der Waals surface area contributed by atoms with Gasteiger partial charge in [-0.2, -0.15) is 0 Å². The lowest BCUT2D eigenvalue weighted by Gasteiger charge is -1.93. The predicted octanol–water partition coefficient (Wildman–Crippen LogP) is 1.11. The smallest absolute Gasteiger partial charge is 0.303 e. The van der Waals surface area contributed by atoms with Crippen molar-refractivity contribution >= 4 is 23.1 Å². The number of carbonyl (C=O) groups is 2. The first kappa shape index (κ1) is 12.4. The van der Waals surface area contributed by atoms with Crippen molar-refractivity contribution in [1.29, 1.82) is 0 Å². The lowest BCUT2D eigenvalue weighted by atomic mass is 10.2. The Bertz CT molecular complexity index is 453. The molecule has 1 rings (SSSR count). The fourth-order valence-corrected chi connectivity index (χ4v) is 1.88. The predicted molar refractivity (Wildman–Crippen MR) is 61.5 cm³/mol. The summed E-state index contributed by atoms with van der Waals surface area (Å²) >= 11 is 1.26. The van der Waals surface area contributed by atoms with Gasteiger partial charge in [0.1, 0.15) is 0 Å². The molecule has 1 aromatic rings. The van der Waals surface area contributed by atoms with E-state index < -0.39 is 5.97 Å². The van der Waals surface area contributed by atoms with E-state index in [1.807, 2.05) is 0 Å². The fraction of sp³-hybridized carbons (Fsp3) is 0.273. The molecule has 0 saturated carbocycles. The van der Waals surface area contributed by atoms with Crippen LogP contribution >= 0.6 is 11.3 Å². The Morgan fingerprint density at radius 1 is 1.38 bits per heavy atom. The van der Waals surface area contributed by atoms with Gasteiger partial charge >= 0.3 is 5.97 Å². The van der Waals surface area contributed by atoms with E-state index in [1.54, 1.807) is 12.1 Å². The second kappa shape index (κ2) is 6.05. The van der Waals surface area contributed by atoms with Gasteiger partial charge in [-0.25, -0.2) is 0 Å². The summed E-state index contributed by atoms with van der Waals surface area (Å²) in [6, 6.07) is 3.40. The normalized spacial score (nSPS) is 9.31. The molecule has 0 aromatic carbocycles. The highest BCUT2D eigenvalue weighted by molar-refractivity contribution is 7.14. The average Bonchev–Trinajstić information content (AvgIpc) is 2.71. The van der Waals surface area contributed by atoms with Gasteiger partial charge in [0.2, 0.25) is 0 Å². The zero-order valence-electron chi connectivity index (χ0n) is 8.53. The van der Waals surface area contributed by atoms with Crippen LogP contribution in [0.15, 0.2) is 12.1 Å². The third kappa shape index (κ3) is 3.85. The molecule has 0 fully saturated rings. The van der Waals surface area contributed by atoms with Gasteiger partial charge in [-0.05, 0) is 12.1 Å². The SMILES string of the molecule is NCC#Cc1ccc(C(=O)CCC(=O)O)s1. The molecule has 0 aliphatic rings. The minimum Gasteiger partial charge on any atom is -0.481 e. The molecule has 0 aliphatic heterocycles. The Hall–Kier alpha value is -1.64. The molecular weight excluding hydrogens is 226 g/mol. The Kier molecular flexibility index (Phi) is 4.70. The summed E-state index contributed by atoms with van der Waals surface area (Å²) in [7, 11) is 0. The summed E-state index contributed by atoms with van der Waals surface area (Å²) in [5.74, 6) is 4.39. The number of rotatable bonds is 4. The molecular formula is C11H11NO3S. The third-order valence-electron chi connectivity index (χ3n) is 1.76. The van der Waals surface area contributed by atoms with Crippen LogP contribution < -0.4 is 5.73 Å². The molecule has 84 valence electrons. The van der Waals surface area contributed by atoms with Gasteiger partial charge in [-0.3, -0.25) is 9.59 Å². The summed E-state index contributed by atoms with van der Waals surface area (Å²) < 4.78 is 0. The number of carbonyl (C=O) groups excluding carboxylic acids is 1. The van der Waals surface area contributed by atoms with Crippen LogP contribution in [0.4, 0.5) is 0 Å². The van der Waals surface area contributed by atoms with Crippen LogP contribution in [0.1, 0.15) is 27.4 Å². The maximum Gasteiger partial charge on any atom is 0.303 e. The van der Waals surface area contributed by atoms with Crippen LogP contribution in [0.2, 0.25) is 0 Å². The number of carboxylic acid groups (broad SMARTS) is 1. The van der Waals surface area contributed by atoms with Gasteiger partial charge in [0.15, 0.2) is 5.78 Å². The molecule has 3 N–H and O–H groups in total. The Morgan fingerprint density at radius 3 is 2.75 bits per heavy atom. The molecule has 0 atom stereocenters. The zero-order valence-corrected chi connectivity index (χ0v) is 9.34. The molecule has 1 aromatic heterocycles. The third-order valence-corrected chi connectivity index (χ3v) is 2.80. The van der Waals surface area contributed by atoms with Crippen LogP contribution in [0.25, 0.3) is 0 Å². The minimum absolute atomic E-state index is 0.0274. The van der Waals surface area contributed by atoms with Crippen molar-refractivity contribution in [3.63, 3.8) is 0 Å². The first-order chi connectivity index (χ1) is 7.63. The van der Waals surface area contributed by atoms with Crippen LogP contribution in [0.3, 0.4) is 0 Å². The lowest BCUT2D eigenvalue weighted by Crippen LogP contribution is -2.01. The van der Waals surface area contributed by atoms with Gasteiger partial charge in [0, 0.05) is 6.42 Å². The van der Waals surface area contributed by atoms with E-state index in [1.165, 1.54) is 11.3 Å². The number of hydrogen-bond acceptors (Lipinski definition) is 4. The highest BCUT2D eigenvalue weighted by Crippen LogP contribution is 2.17. The quantitative estimate of drug-likeness (QED) is 0.607. The van der Waals surface area contributed by atoms with E-state index in [0.29, 0.717) is 4.88 Å². The van der Waals surface area contributed by atoms with Crippen molar-refractivity contribution in [2.24, 2.45) is 5.73 Å². The molecule has 5 heteroatoms. The number of ketones is 1. The van der Waals surface area contributed by atoms with Gasteiger partial charge in [0.05, 0.1) is 22.7 Å². The van der Waals surface area contributed by atoms with E-state index >= 15 is 0 Å². The fourth-order valence-electron chi connectivity index (χ4n) is 1.04. The Labute approximate surface area is 97.1 Å². The highest BCUT2D eigenvalue weighted by atomic mass is 32.1. The summed E-state index contributed by atoms with van der Waals surface area (Å²) in [5.41, 5.74) is 5.22.